The third kappa shape index (κ3) is 3.69. The first kappa shape index (κ1) is 15.1. The van der Waals surface area contributed by atoms with Crippen LogP contribution in [-0.2, 0) is 6.54 Å². The van der Waals surface area contributed by atoms with Crippen LogP contribution in [0.15, 0.2) is 48.5 Å². The van der Waals surface area contributed by atoms with Crippen molar-refractivity contribution in [2.24, 2.45) is 0 Å². The number of halogens is 1. The van der Waals surface area contributed by atoms with Crippen LogP contribution in [0.3, 0.4) is 0 Å². The lowest BCUT2D eigenvalue weighted by atomic mass is 10.0. The van der Waals surface area contributed by atoms with Crippen molar-refractivity contribution < 1.29 is 4.79 Å². The van der Waals surface area contributed by atoms with Crippen LogP contribution in [0.2, 0.25) is 0 Å². The normalized spacial score (nSPS) is 13.4. The highest BCUT2D eigenvalue weighted by atomic mass is 127. The van der Waals surface area contributed by atoms with E-state index < -0.39 is 0 Å². The molecule has 0 saturated heterocycles. The molecule has 0 spiro atoms. The monoisotopic (exact) mass is 401 g/mol. The van der Waals surface area contributed by atoms with E-state index in [0.29, 0.717) is 0 Å². The Labute approximate surface area is 144 Å². The first-order chi connectivity index (χ1) is 10.7. The summed E-state index contributed by atoms with van der Waals surface area (Å²) in [4.78, 5) is 14.6. The van der Waals surface area contributed by atoms with Gasteiger partial charge in [-0.3, -0.25) is 4.79 Å². The van der Waals surface area contributed by atoms with Crippen LogP contribution >= 0.6 is 22.6 Å². The first-order valence-electron chi connectivity index (χ1n) is 7.35. The number of hydrogen-bond acceptors (Lipinski definition) is 2. The Bertz CT molecular complexity index is 740. The van der Waals surface area contributed by atoms with Crippen molar-refractivity contribution in [3.8, 4) is 12.0 Å². The quantitative estimate of drug-likeness (QED) is 0.437. The van der Waals surface area contributed by atoms with Crippen LogP contribution in [0.4, 0.5) is 0 Å². The largest absolute Gasteiger partial charge is 0.328 e. The van der Waals surface area contributed by atoms with E-state index in [9.17, 15) is 4.79 Å². The summed E-state index contributed by atoms with van der Waals surface area (Å²) >= 11 is 2.22. The highest BCUT2D eigenvalue weighted by molar-refractivity contribution is 14.1. The number of ketones is 1. The Hall–Kier alpha value is -1.80. The van der Waals surface area contributed by atoms with Gasteiger partial charge in [-0.2, -0.15) is 0 Å². The molecule has 1 heterocycles. The summed E-state index contributed by atoms with van der Waals surface area (Å²) in [6, 6.07) is 18.7. The SMILES string of the molecule is O=C(c1ccc(CN2C#CCCC2)cc1)c1cccc(I)c1. The zero-order valence-electron chi connectivity index (χ0n) is 12.2. The molecule has 2 aromatic rings. The minimum atomic E-state index is 0.0721. The Morgan fingerprint density at radius 1 is 1.14 bits per heavy atom. The molecule has 0 N–H and O–H groups in total. The van der Waals surface area contributed by atoms with Crippen LogP contribution in [0.25, 0.3) is 0 Å². The van der Waals surface area contributed by atoms with Crippen LogP contribution in [0.5, 0.6) is 0 Å². The molecule has 3 heteroatoms. The van der Waals surface area contributed by atoms with Crippen molar-refractivity contribution in [2.75, 3.05) is 6.54 Å². The molecule has 3 rings (SSSR count). The van der Waals surface area contributed by atoms with E-state index in [4.69, 9.17) is 0 Å². The van der Waals surface area contributed by atoms with Crippen molar-refractivity contribution in [3.05, 3.63) is 68.8 Å². The van der Waals surface area contributed by atoms with Crippen molar-refractivity contribution in [1.29, 1.82) is 0 Å². The predicted octanol–water partition coefficient (Wildman–Crippen LogP) is 4.08. The van der Waals surface area contributed by atoms with E-state index in [1.807, 2.05) is 48.5 Å². The summed E-state index contributed by atoms with van der Waals surface area (Å²) in [5, 5.41) is 0. The highest BCUT2D eigenvalue weighted by Crippen LogP contribution is 2.15. The van der Waals surface area contributed by atoms with Gasteiger partial charge in [-0.05, 0) is 46.7 Å². The summed E-state index contributed by atoms with van der Waals surface area (Å²) in [7, 11) is 0. The van der Waals surface area contributed by atoms with E-state index in [2.05, 4.69) is 39.5 Å². The topological polar surface area (TPSA) is 20.3 Å². The van der Waals surface area contributed by atoms with Gasteiger partial charge in [-0.15, -0.1) is 0 Å². The summed E-state index contributed by atoms with van der Waals surface area (Å²) in [5.41, 5.74) is 2.66. The Balaban J connectivity index is 1.73. The molecule has 0 saturated carbocycles. The molecule has 0 bridgehead atoms. The van der Waals surface area contributed by atoms with Gasteiger partial charge in [0.1, 0.15) is 0 Å². The molecular weight excluding hydrogens is 385 g/mol. The molecule has 2 aromatic carbocycles. The van der Waals surface area contributed by atoms with Gasteiger partial charge in [0.05, 0.1) is 6.54 Å². The maximum atomic E-state index is 12.5. The summed E-state index contributed by atoms with van der Waals surface area (Å²) < 4.78 is 1.07. The second kappa shape index (κ2) is 6.97. The van der Waals surface area contributed by atoms with Gasteiger partial charge in [-0.1, -0.05) is 42.3 Å². The summed E-state index contributed by atoms with van der Waals surface area (Å²) in [6.07, 6.45) is 2.13. The molecule has 0 aliphatic carbocycles. The molecule has 22 heavy (non-hydrogen) atoms. The molecule has 0 fully saturated rings. The van der Waals surface area contributed by atoms with Gasteiger partial charge in [0.2, 0.25) is 0 Å². The second-order valence-corrected chi connectivity index (χ2v) is 6.60. The minimum Gasteiger partial charge on any atom is -0.328 e. The molecular formula is C19H16INO. The van der Waals surface area contributed by atoms with Gasteiger partial charge in [0, 0.05) is 33.7 Å². The maximum absolute atomic E-state index is 12.5. The van der Waals surface area contributed by atoms with E-state index in [1.165, 1.54) is 5.56 Å². The fourth-order valence-electron chi connectivity index (χ4n) is 2.48. The smallest absolute Gasteiger partial charge is 0.193 e. The molecule has 2 nitrogen and oxygen atoms in total. The van der Waals surface area contributed by atoms with Gasteiger partial charge in [-0.25, -0.2) is 0 Å². The third-order valence-corrected chi connectivity index (χ3v) is 4.31. The van der Waals surface area contributed by atoms with Gasteiger partial charge in [0.15, 0.2) is 5.78 Å². The van der Waals surface area contributed by atoms with Crippen LogP contribution in [0.1, 0.15) is 34.3 Å². The lowest BCUT2D eigenvalue weighted by molar-refractivity contribution is 0.103. The fourth-order valence-corrected chi connectivity index (χ4v) is 3.02. The van der Waals surface area contributed by atoms with Crippen LogP contribution < -0.4 is 0 Å². The number of carbonyl (C=O) groups is 1. The number of rotatable bonds is 4. The second-order valence-electron chi connectivity index (χ2n) is 5.35. The molecule has 110 valence electrons. The van der Waals surface area contributed by atoms with Gasteiger partial charge >= 0.3 is 0 Å². The van der Waals surface area contributed by atoms with E-state index >= 15 is 0 Å². The number of carbonyl (C=O) groups excluding carboxylic acids is 1. The molecule has 0 radical (unpaired) electrons. The van der Waals surface area contributed by atoms with Crippen molar-refractivity contribution in [1.82, 2.24) is 4.90 Å². The molecule has 0 amide bonds. The van der Waals surface area contributed by atoms with Crippen molar-refractivity contribution in [2.45, 2.75) is 19.4 Å². The van der Waals surface area contributed by atoms with E-state index in [1.54, 1.807) is 0 Å². The zero-order chi connectivity index (χ0) is 15.4. The van der Waals surface area contributed by atoms with Crippen LogP contribution in [0, 0.1) is 15.5 Å². The minimum absolute atomic E-state index is 0.0721. The number of hydrogen-bond donors (Lipinski definition) is 0. The van der Waals surface area contributed by atoms with Gasteiger partial charge in [0.25, 0.3) is 0 Å². The van der Waals surface area contributed by atoms with Gasteiger partial charge < -0.3 is 4.90 Å². The maximum Gasteiger partial charge on any atom is 0.193 e. The summed E-state index contributed by atoms with van der Waals surface area (Å²) in [6.45, 7) is 1.85. The fraction of sp³-hybridized carbons (Fsp3) is 0.211. The standard InChI is InChI=1S/C19H16INO/c20-18-6-4-5-17(13-18)19(22)16-9-7-15(8-10-16)14-21-11-2-1-3-12-21/h4-10,13H,1-2,11,14H2. The zero-order valence-corrected chi connectivity index (χ0v) is 14.3. The third-order valence-electron chi connectivity index (χ3n) is 3.64. The Morgan fingerprint density at radius 3 is 2.64 bits per heavy atom. The lowest BCUT2D eigenvalue weighted by Crippen LogP contribution is -2.20. The summed E-state index contributed by atoms with van der Waals surface area (Å²) in [5.74, 6) is 3.20. The van der Waals surface area contributed by atoms with Crippen LogP contribution in [-0.4, -0.2) is 17.2 Å². The molecule has 0 unspecified atom stereocenters. The molecule has 1 aliphatic rings. The molecule has 0 atom stereocenters. The molecule has 0 aromatic heterocycles. The average molecular weight is 401 g/mol. The number of nitrogens with zero attached hydrogens (tertiary/aromatic N) is 1. The van der Waals surface area contributed by atoms with Crippen molar-refractivity contribution in [3.63, 3.8) is 0 Å². The number of benzene rings is 2. The average Bonchev–Trinajstić information content (AvgIpc) is 2.56. The lowest BCUT2D eigenvalue weighted by Gasteiger charge is -2.19. The Kier molecular flexibility index (Phi) is 4.79. The Morgan fingerprint density at radius 2 is 1.95 bits per heavy atom. The van der Waals surface area contributed by atoms with E-state index in [0.717, 1.165) is 40.6 Å². The van der Waals surface area contributed by atoms with E-state index in [-0.39, 0.29) is 5.78 Å². The van der Waals surface area contributed by atoms with Crippen molar-refractivity contribution >= 4 is 28.4 Å². The first-order valence-corrected chi connectivity index (χ1v) is 8.43. The predicted molar refractivity (Wildman–Crippen MR) is 96.5 cm³/mol. The molecule has 1 aliphatic heterocycles. The highest BCUT2D eigenvalue weighted by Gasteiger charge is 2.10.